The zero-order chi connectivity index (χ0) is 18.0. The first kappa shape index (κ1) is 17.5. The molecule has 2 aromatic rings. The zero-order valence-electron chi connectivity index (χ0n) is 13.0. The fourth-order valence-electron chi connectivity index (χ4n) is 2.62. The summed E-state index contributed by atoms with van der Waals surface area (Å²) in [4.78, 5) is 22.8. The molecule has 1 aliphatic heterocycles. The van der Waals surface area contributed by atoms with Crippen molar-refractivity contribution in [3.8, 4) is 0 Å². The molecular weight excluding hydrogens is 366 g/mol. The fourth-order valence-corrected chi connectivity index (χ4v) is 5.43. The summed E-state index contributed by atoms with van der Waals surface area (Å²) in [6.07, 6.45) is 1.61. The van der Waals surface area contributed by atoms with Crippen molar-refractivity contribution in [2.45, 2.75) is 17.7 Å². The van der Waals surface area contributed by atoms with Crippen LogP contribution in [0.15, 0.2) is 40.6 Å². The van der Waals surface area contributed by atoms with E-state index in [1.54, 1.807) is 5.38 Å². The molecule has 25 heavy (non-hydrogen) atoms. The van der Waals surface area contributed by atoms with E-state index >= 15 is 0 Å². The number of amides is 1. The number of carbonyl (C=O) groups excluding carboxylic acids is 1. The highest BCUT2D eigenvalue weighted by atomic mass is 32.2. The van der Waals surface area contributed by atoms with Gasteiger partial charge in [0.05, 0.1) is 4.92 Å². The lowest BCUT2D eigenvalue weighted by Crippen LogP contribution is -2.29. The lowest BCUT2D eigenvalue weighted by atomic mass is 10.3. The zero-order valence-corrected chi connectivity index (χ0v) is 14.7. The van der Waals surface area contributed by atoms with Crippen LogP contribution in [-0.4, -0.2) is 36.6 Å². The van der Waals surface area contributed by atoms with Crippen LogP contribution in [0.4, 0.5) is 11.4 Å². The third-order valence-corrected chi connectivity index (χ3v) is 6.82. The van der Waals surface area contributed by atoms with Crippen molar-refractivity contribution in [1.29, 1.82) is 0 Å². The van der Waals surface area contributed by atoms with Crippen molar-refractivity contribution in [2.75, 3.05) is 18.4 Å². The topological polar surface area (TPSA) is 110 Å². The van der Waals surface area contributed by atoms with E-state index in [-0.39, 0.29) is 21.1 Å². The molecule has 0 aliphatic carbocycles. The van der Waals surface area contributed by atoms with Crippen molar-refractivity contribution in [3.63, 3.8) is 0 Å². The van der Waals surface area contributed by atoms with Crippen molar-refractivity contribution in [2.24, 2.45) is 0 Å². The number of non-ortho nitro benzene ring substituents is 1. The van der Waals surface area contributed by atoms with Crippen LogP contribution in [0.1, 0.15) is 22.5 Å². The average Bonchev–Trinajstić information content (AvgIpc) is 3.27. The molecule has 132 valence electrons. The van der Waals surface area contributed by atoms with E-state index < -0.39 is 20.9 Å². The first-order valence-electron chi connectivity index (χ1n) is 7.53. The number of hydrogen-bond acceptors (Lipinski definition) is 6. The Balaban J connectivity index is 1.86. The smallest absolute Gasteiger partial charge is 0.271 e. The van der Waals surface area contributed by atoms with Gasteiger partial charge in [-0.25, -0.2) is 8.42 Å². The summed E-state index contributed by atoms with van der Waals surface area (Å²) in [6.45, 7) is 0.897. The maximum absolute atomic E-state index is 12.7. The van der Waals surface area contributed by atoms with Crippen LogP contribution in [0.25, 0.3) is 0 Å². The van der Waals surface area contributed by atoms with Gasteiger partial charge in [-0.15, -0.1) is 11.3 Å². The highest BCUT2D eigenvalue weighted by Gasteiger charge is 2.31. The van der Waals surface area contributed by atoms with Gasteiger partial charge in [-0.1, -0.05) is 6.07 Å². The standard InChI is InChI=1S/C15H15N3O5S2/c19-15(16-11-4-3-5-12(10-11)18(20)21)14-13(6-9-24-14)25(22,23)17-7-1-2-8-17/h3-6,9-10H,1-2,7-8H2,(H,16,19). The minimum absolute atomic E-state index is 0.0256. The Hall–Kier alpha value is -2.30. The quantitative estimate of drug-likeness (QED) is 0.632. The van der Waals surface area contributed by atoms with Crippen molar-refractivity contribution < 1.29 is 18.1 Å². The number of nitro benzene ring substituents is 1. The molecule has 8 nitrogen and oxygen atoms in total. The van der Waals surface area contributed by atoms with Crippen molar-refractivity contribution >= 4 is 38.6 Å². The van der Waals surface area contributed by atoms with Gasteiger partial charge < -0.3 is 5.32 Å². The SMILES string of the molecule is O=C(Nc1cccc([N+](=O)[O-])c1)c1sccc1S(=O)(=O)N1CCCC1. The molecule has 0 atom stereocenters. The predicted octanol–water partition coefficient (Wildman–Crippen LogP) is 2.69. The number of rotatable bonds is 5. The Morgan fingerprint density at radius 1 is 1.24 bits per heavy atom. The van der Waals surface area contributed by atoms with Crippen molar-refractivity contribution in [3.05, 3.63) is 50.7 Å². The minimum Gasteiger partial charge on any atom is -0.321 e. The molecule has 1 saturated heterocycles. The number of benzene rings is 1. The number of sulfonamides is 1. The number of anilines is 1. The molecule has 3 rings (SSSR count). The molecule has 1 N–H and O–H groups in total. The normalized spacial score (nSPS) is 15.2. The number of thiophene rings is 1. The van der Waals surface area contributed by atoms with E-state index in [0.29, 0.717) is 13.1 Å². The average molecular weight is 381 g/mol. The molecule has 1 amide bonds. The van der Waals surface area contributed by atoms with Gasteiger partial charge in [0.2, 0.25) is 10.0 Å². The Kier molecular flexibility index (Phi) is 4.84. The van der Waals surface area contributed by atoms with Crippen LogP contribution in [0.3, 0.4) is 0 Å². The Morgan fingerprint density at radius 2 is 1.96 bits per heavy atom. The molecule has 0 radical (unpaired) electrons. The van der Waals surface area contributed by atoms with Crippen LogP contribution < -0.4 is 5.32 Å². The lowest BCUT2D eigenvalue weighted by Gasteiger charge is -2.15. The summed E-state index contributed by atoms with van der Waals surface area (Å²) < 4.78 is 26.7. The molecule has 1 aromatic heterocycles. The Bertz CT molecular complexity index is 917. The number of nitrogens with zero attached hydrogens (tertiary/aromatic N) is 2. The van der Waals surface area contributed by atoms with Gasteiger partial charge >= 0.3 is 0 Å². The lowest BCUT2D eigenvalue weighted by molar-refractivity contribution is -0.384. The Labute approximate surface area is 148 Å². The van der Waals surface area contributed by atoms with E-state index in [4.69, 9.17) is 0 Å². The number of hydrogen-bond donors (Lipinski definition) is 1. The second-order valence-electron chi connectivity index (χ2n) is 5.49. The molecule has 0 saturated carbocycles. The van der Waals surface area contributed by atoms with Gasteiger partial charge in [0.25, 0.3) is 11.6 Å². The van der Waals surface area contributed by atoms with E-state index in [2.05, 4.69) is 5.32 Å². The van der Waals surface area contributed by atoms with Gasteiger partial charge in [0.15, 0.2) is 0 Å². The second kappa shape index (κ2) is 6.90. The third-order valence-electron chi connectivity index (χ3n) is 3.83. The molecule has 0 spiro atoms. The first-order valence-corrected chi connectivity index (χ1v) is 9.85. The first-order chi connectivity index (χ1) is 11.9. The molecular formula is C15H15N3O5S2. The fraction of sp³-hybridized carbons (Fsp3) is 0.267. The maximum Gasteiger partial charge on any atom is 0.271 e. The van der Waals surface area contributed by atoms with Crippen LogP contribution in [-0.2, 0) is 10.0 Å². The molecule has 1 aliphatic rings. The summed E-state index contributed by atoms with van der Waals surface area (Å²) in [5, 5.41) is 14.9. The minimum atomic E-state index is -3.71. The molecule has 2 heterocycles. The number of carbonyl (C=O) groups is 1. The Morgan fingerprint density at radius 3 is 2.64 bits per heavy atom. The van der Waals surface area contributed by atoms with E-state index in [1.165, 1.54) is 34.6 Å². The van der Waals surface area contributed by atoms with Gasteiger partial charge in [-0.05, 0) is 30.4 Å². The maximum atomic E-state index is 12.7. The van der Waals surface area contributed by atoms with Gasteiger partial charge in [-0.3, -0.25) is 14.9 Å². The van der Waals surface area contributed by atoms with Gasteiger partial charge in [0.1, 0.15) is 9.77 Å². The summed E-state index contributed by atoms with van der Waals surface area (Å²) in [5.74, 6) is -0.603. The van der Waals surface area contributed by atoms with Crippen LogP contribution >= 0.6 is 11.3 Å². The largest absolute Gasteiger partial charge is 0.321 e. The highest BCUT2D eigenvalue weighted by molar-refractivity contribution is 7.89. The summed E-state index contributed by atoms with van der Waals surface area (Å²) in [7, 11) is -3.71. The highest BCUT2D eigenvalue weighted by Crippen LogP contribution is 2.28. The van der Waals surface area contributed by atoms with Gasteiger partial charge in [0, 0.05) is 30.9 Å². The van der Waals surface area contributed by atoms with Crippen LogP contribution in [0.2, 0.25) is 0 Å². The molecule has 10 heteroatoms. The molecule has 1 aromatic carbocycles. The summed E-state index contributed by atoms with van der Waals surface area (Å²) in [5.41, 5.74) is 0.0750. The summed E-state index contributed by atoms with van der Waals surface area (Å²) >= 11 is 1.02. The van der Waals surface area contributed by atoms with Gasteiger partial charge in [-0.2, -0.15) is 4.31 Å². The third kappa shape index (κ3) is 3.55. The predicted molar refractivity (Wildman–Crippen MR) is 93.4 cm³/mol. The molecule has 1 fully saturated rings. The molecule has 0 unspecified atom stereocenters. The van der Waals surface area contributed by atoms with Crippen molar-refractivity contribution in [1.82, 2.24) is 4.31 Å². The second-order valence-corrected chi connectivity index (χ2v) is 8.31. The van der Waals surface area contributed by atoms with E-state index in [0.717, 1.165) is 24.2 Å². The van der Waals surface area contributed by atoms with E-state index in [9.17, 15) is 23.3 Å². The number of nitrogens with one attached hydrogen (secondary N) is 1. The summed E-state index contributed by atoms with van der Waals surface area (Å²) in [6, 6.07) is 6.90. The van der Waals surface area contributed by atoms with Crippen LogP contribution in [0.5, 0.6) is 0 Å². The van der Waals surface area contributed by atoms with E-state index in [1.807, 2.05) is 0 Å². The monoisotopic (exact) mass is 381 g/mol. The van der Waals surface area contributed by atoms with Crippen LogP contribution in [0, 0.1) is 10.1 Å². The molecule has 0 bridgehead atoms. The number of nitro groups is 1.